The second-order valence-electron chi connectivity index (χ2n) is 5.39. The molecule has 0 aliphatic heterocycles. The van der Waals surface area contributed by atoms with E-state index >= 15 is 0 Å². The van der Waals surface area contributed by atoms with Gasteiger partial charge < -0.3 is 5.32 Å². The van der Waals surface area contributed by atoms with E-state index in [0.29, 0.717) is 11.5 Å². The fourth-order valence-corrected chi connectivity index (χ4v) is 2.23. The summed E-state index contributed by atoms with van der Waals surface area (Å²) in [7, 11) is 0. The minimum atomic E-state index is 0.506. The largest absolute Gasteiger partial charge is 0.370 e. The number of aromatic nitrogens is 2. The van der Waals surface area contributed by atoms with Gasteiger partial charge >= 0.3 is 0 Å². The average Bonchev–Trinajstić information content (AvgIpc) is 3.37. The molecule has 106 valence electrons. The molecule has 0 unspecified atom stereocenters. The number of anilines is 1. The molecule has 1 aliphatic rings. The third-order valence-corrected chi connectivity index (χ3v) is 3.53. The summed E-state index contributed by atoms with van der Waals surface area (Å²) in [5.41, 5.74) is 2.52. The lowest BCUT2D eigenvalue weighted by Crippen LogP contribution is -2.05. The predicted molar refractivity (Wildman–Crippen MR) is 82.9 cm³/mol. The maximum atomic E-state index is 9.04. The number of benzene rings is 1. The van der Waals surface area contributed by atoms with Crippen LogP contribution in [-0.2, 0) is 0 Å². The van der Waals surface area contributed by atoms with Crippen molar-refractivity contribution >= 4 is 5.82 Å². The number of rotatable bonds is 5. The average molecular weight is 278 g/mol. The van der Waals surface area contributed by atoms with E-state index in [-0.39, 0.29) is 0 Å². The van der Waals surface area contributed by atoms with Gasteiger partial charge in [-0.3, -0.25) is 0 Å². The van der Waals surface area contributed by atoms with Gasteiger partial charge in [-0.15, -0.1) is 0 Å². The van der Waals surface area contributed by atoms with Gasteiger partial charge in [-0.1, -0.05) is 19.1 Å². The van der Waals surface area contributed by atoms with Crippen LogP contribution in [0.3, 0.4) is 0 Å². The molecule has 1 aliphatic carbocycles. The normalized spacial score (nSPS) is 13.7. The van der Waals surface area contributed by atoms with E-state index in [0.717, 1.165) is 35.9 Å². The van der Waals surface area contributed by atoms with Crippen molar-refractivity contribution in [3.05, 3.63) is 41.7 Å². The van der Waals surface area contributed by atoms with Gasteiger partial charge in [-0.25, -0.2) is 9.97 Å². The molecule has 0 bridgehead atoms. The van der Waals surface area contributed by atoms with Crippen molar-refractivity contribution in [3.63, 3.8) is 0 Å². The van der Waals surface area contributed by atoms with Gasteiger partial charge in [-0.2, -0.15) is 5.26 Å². The second kappa shape index (κ2) is 5.92. The van der Waals surface area contributed by atoms with Crippen LogP contribution in [0.4, 0.5) is 5.82 Å². The Balaban J connectivity index is 1.99. The second-order valence-corrected chi connectivity index (χ2v) is 5.39. The number of hydrogen-bond donors (Lipinski definition) is 1. The van der Waals surface area contributed by atoms with Gasteiger partial charge in [0.05, 0.1) is 17.3 Å². The van der Waals surface area contributed by atoms with Crippen LogP contribution >= 0.6 is 0 Å². The van der Waals surface area contributed by atoms with Crippen molar-refractivity contribution in [3.8, 4) is 17.3 Å². The van der Waals surface area contributed by atoms with Crippen molar-refractivity contribution in [1.82, 2.24) is 9.97 Å². The molecule has 0 amide bonds. The molecule has 1 fully saturated rings. The summed E-state index contributed by atoms with van der Waals surface area (Å²) >= 11 is 0. The van der Waals surface area contributed by atoms with E-state index in [1.54, 1.807) is 0 Å². The Morgan fingerprint density at radius 1 is 1.29 bits per heavy atom. The van der Waals surface area contributed by atoms with Crippen molar-refractivity contribution < 1.29 is 0 Å². The molecular weight excluding hydrogens is 260 g/mol. The van der Waals surface area contributed by atoms with Crippen molar-refractivity contribution in [2.45, 2.75) is 32.1 Å². The summed E-state index contributed by atoms with van der Waals surface area (Å²) in [5, 5.41) is 12.4. The van der Waals surface area contributed by atoms with Crippen LogP contribution < -0.4 is 5.32 Å². The Kier molecular flexibility index (Phi) is 3.83. The van der Waals surface area contributed by atoms with E-state index in [9.17, 15) is 0 Å². The van der Waals surface area contributed by atoms with E-state index in [2.05, 4.69) is 28.3 Å². The molecule has 1 N–H and O–H groups in total. The molecular formula is C17H18N4. The van der Waals surface area contributed by atoms with Gasteiger partial charge in [0.1, 0.15) is 11.6 Å². The molecule has 0 radical (unpaired) electrons. The molecule has 1 heterocycles. The molecule has 1 aromatic carbocycles. The first-order chi connectivity index (χ1) is 10.3. The Labute approximate surface area is 124 Å². The van der Waals surface area contributed by atoms with Gasteiger partial charge in [0.2, 0.25) is 0 Å². The molecule has 0 spiro atoms. The van der Waals surface area contributed by atoms with E-state index in [1.165, 1.54) is 12.8 Å². The van der Waals surface area contributed by atoms with Crippen LogP contribution in [0.15, 0.2) is 30.3 Å². The predicted octanol–water partition coefficient (Wildman–Crippen LogP) is 3.71. The maximum absolute atomic E-state index is 9.04. The van der Waals surface area contributed by atoms with Crippen molar-refractivity contribution in [2.75, 3.05) is 11.9 Å². The number of nitriles is 1. The minimum absolute atomic E-state index is 0.506. The highest BCUT2D eigenvalue weighted by molar-refractivity contribution is 5.64. The fraction of sp³-hybridized carbons (Fsp3) is 0.353. The zero-order valence-electron chi connectivity index (χ0n) is 12.1. The van der Waals surface area contributed by atoms with Crippen LogP contribution in [0.1, 0.15) is 43.5 Å². The lowest BCUT2D eigenvalue weighted by atomic mass is 10.1. The first-order valence-electron chi connectivity index (χ1n) is 7.43. The van der Waals surface area contributed by atoms with Gasteiger partial charge in [0.15, 0.2) is 0 Å². The fourth-order valence-electron chi connectivity index (χ4n) is 2.23. The molecule has 3 rings (SSSR count). The SMILES string of the molecule is CCCNc1cc(-c2cccc(C#N)c2)nc(C2CC2)n1. The van der Waals surface area contributed by atoms with Crippen molar-refractivity contribution in [2.24, 2.45) is 0 Å². The first kappa shape index (κ1) is 13.6. The van der Waals surface area contributed by atoms with Crippen LogP contribution in [-0.4, -0.2) is 16.5 Å². The Hall–Kier alpha value is -2.41. The number of nitrogens with one attached hydrogen (secondary N) is 1. The van der Waals surface area contributed by atoms with Crippen molar-refractivity contribution in [1.29, 1.82) is 5.26 Å². The highest BCUT2D eigenvalue weighted by atomic mass is 15.0. The smallest absolute Gasteiger partial charge is 0.134 e. The van der Waals surface area contributed by atoms with Crippen LogP contribution in [0, 0.1) is 11.3 Å². The molecule has 0 atom stereocenters. The van der Waals surface area contributed by atoms with Crippen LogP contribution in [0.25, 0.3) is 11.3 Å². The molecule has 0 saturated heterocycles. The molecule has 2 aromatic rings. The summed E-state index contributed by atoms with van der Waals surface area (Å²) in [6.45, 7) is 3.03. The summed E-state index contributed by atoms with van der Waals surface area (Å²) in [5.74, 6) is 2.31. The third-order valence-electron chi connectivity index (χ3n) is 3.53. The standard InChI is InChI=1S/C17H18N4/c1-2-8-19-16-10-15(20-17(21-16)13-6-7-13)14-5-3-4-12(9-14)11-18/h3-5,9-10,13H,2,6-8H2,1H3,(H,19,20,21). The molecule has 4 nitrogen and oxygen atoms in total. The monoisotopic (exact) mass is 278 g/mol. The summed E-state index contributed by atoms with van der Waals surface area (Å²) in [6, 6.07) is 11.7. The quantitative estimate of drug-likeness (QED) is 0.905. The first-order valence-corrected chi connectivity index (χ1v) is 7.43. The van der Waals surface area contributed by atoms with E-state index in [4.69, 9.17) is 5.26 Å². The molecule has 1 saturated carbocycles. The zero-order chi connectivity index (χ0) is 14.7. The topological polar surface area (TPSA) is 61.6 Å². The Morgan fingerprint density at radius 2 is 2.14 bits per heavy atom. The lowest BCUT2D eigenvalue weighted by Gasteiger charge is -2.09. The summed E-state index contributed by atoms with van der Waals surface area (Å²) < 4.78 is 0. The van der Waals surface area contributed by atoms with Crippen LogP contribution in [0.2, 0.25) is 0 Å². The summed E-state index contributed by atoms with van der Waals surface area (Å²) in [6.07, 6.45) is 3.41. The van der Waals surface area contributed by atoms with E-state index in [1.807, 2.05) is 30.3 Å². The zero-order valence-corrected chi connectivity index (χ0v) is 12.1. The number of hydrogen-bond acceptors (Lipinski definition) is 4. The molecule has 21 heavy (non-hydrogen) atoms. The van der Waals surface area contributed by atoms with Gasteiger partial charge in [-0.05, 0) is 31.4 Å². The lowest BCUT2D eigenvalue weighted by molar-refractivity contribution is 0.911. The summed E-state index contributed by atoms with van der Waals surface area (Å²) in [4.78, 5) is 9.30. The minimum Gasteiger partial charge on any atom is -0.370 e. The highest BCUT2D eigenvalue weighted by Gasteiger charge is 2.27. The number of nitrogens with zero attached hydrogens (tertiary/aromatic N) is 3. The molecule has 4 heteroatoms. The van der Waals surface area contributed by atoms with E-state index < -0.39 is 0 Å². The Bertz CT molecular complexity index is 683. The third kappa shape index (κ3) is 3.19. The maximum Gasteiger partial charge on any atom is 0.134 e. The van der Waals surface area contributed by atoms with Gasteiger partial charge in [0, 0.05) is 24.1 Å². The van der Waals surface area contributed by atoms with Gasteiger partial charge in [0.25, 0.3) is 0 Å². The molecule has 1 aromatic heterocycles. The highest BCUT2D eigenvalue weighted by Crippen LogP contribution is 2.39. The Morgan fingerprint density at radius 3 is 2.86 bits per heavy atom. The van der Waals surface area contributed by atoms with Crippen LogP contribution in [0.5, 0.6) is 0 Å².